The molecule has 2 nitrogen and oxygen atoms in total. The molecule has 1 aromatic rings. The molecule has 1 heterocycles. The number of hydrogen-bond donors (Lipinski definition) is 1. The van der Waals surface area contributed by atoms with Gasteiger partial charge in [-0.3, -0.25) is 4.90 Å². The van der Waals surface area contributed by atoms with Crippen LogP contribution < -0.4 is 5.32 Å². The van der Waals surface area contributed by atoms with E-state index in [4.69, 9.17) is 0 Å². The lowest BCUT2D eigenvalue weighted by molar-refractivity contribution is 0.0716. The van der Waals surface area contributed by atoms with Gasteiger partial charge >= 0.3 is 0 Å². The molecule has 1 N–H and O–H groups in total. The quantitative estimate of drug-likeness (QED) is 0.861. The van der Waals surface area contributed by atoms with Gasteiger partial charge in [0.25, 0.3) is 0 Å². The Balaban J connectivity index is 1.99. The van der Waals surface area contributed by atoms with Crippen molar-refractivity contribution in [2.24, 2.45) is 0 Å². The number of nitrogens with one attached hydrogen (secondary N) is 1. The highest BCUT2D eigenvalue weighted by Gasteiger charge is 2.35. The zero-order valence-electron chi connectivity index (χ0n) is 13.7. The summed E-state index contributed by atoms with van der Waals surface area (Å²) in [6, 6.07) is 7.56. The van der Waals surface area contributed by atoms with Crippen LogP contribution in [0, 0.1) is 5.82 Å². The molecule has 0 amide bonds. The van der Waals surface area contributed by atoms with Gasteiger partial charge in [-0.25, -0.2) is 4.39 Å². The average molecular weight is 292 g/mol. The molecule has 1 unspecified atom stereocenters. The minimum atomic E-state index is -0.150. The standard InChI is InChI=1S/C18H29FN2/c1-4-17-13-20-18(5-2,6-3)14-21(17)12-11-15-7-9-16(19)10-8-15/h7-10,17,20H,4-6,11-14H2,1-3H3. The molecule has 3 heteroatoms. The maximum atomic E-state index is 13.0. The number of nitrogens with zero attached hydrogens (tertiary/aromatic N) is 1. The zero-order chi connectivity index (χ0) is 15.3. The van der Waals surface area contributed by atoms with E-state index in [1.54, 1.807) is 12.1 Å². The first kappa shape index (κ1) is 16.4. The zero-order valence-corrected chi connectivity index (χ0v) is 13.7. The first-order valence-corrected chi connectivity index (χ1v) is 8.36. The SMILES string of the molecule is CCC1CNC(CC)(CC)CN1CCc1ccc(F)cc1. The van der Waals surface area contributed by atoms with Crippen LogP contribution in [-0.4, -0.2) is 36.1 Å². The molecule has 0 bridgehead atoms. The fraction of sp³-hybridized carbons (Fsp3) is 0.667. The Bertz CT molecular complexity index is 425. The van der Waals surface area contributed by atoms with Gasteiger partial charge in [0.1, 0.15) is 5.82 Å². The fourth-order valence-corrected chi connectivity index (χ4v) is 3.35. The Morgan fingerprint density at radius 2 is 1.86 bits per heavy atom. The van der Waals surface area contributed by atoms with Crippen molar-refractivity contribution in [2.75, 3.05) is 19.6 Å². The van der Waals surface area contributed by atoms with Crippen LogP contribution in [0.15, 0.2) is 24.3 Å². The van der Waals surface area contributed by atoms with Crippen molar-refractivity contribution in [2.45, 2.75) is 58.0 Å². The normalized spacial score (nSPS) is 22.4. The molecule has 1 saturated heterocycles. The molecule has 0 spiro atoms. The van der Waals surface area contributed by atoms with Crippen molar-refractivity contribution in [1.82, 2.24) is 10.2 Å². The van der Waals surface area contributed by atoms with E-state index in [0.717, 1.165) is 26.1 Å². The number of benzene rings is 1. The first-order valence-electron chi connectivity index (χ1n) is 8.36. The molecule has 1 aromatic carbocycles. The third-order valence-corrected chi connectivity index (χ3v) is 5.16. The summed E-state index contributed by atoms with van der Waals surface area (Å²) in [5.41, 5.74) is 1.50. The Morgan fingerprint density at radius 3 is 2.43 bits per heavy atom. The molecule has 1 aliphatic heterocycles. The average Bonchev–Trinajstić information content (AvgIpc) is 2.54. The van der Waals surface area contributed by atoms with E-state index in [1.165, 1.54) is 24.8 Å². The van der Waals surface area contributed by atoms with E-state index >= 15 is 0 Å². The predicted molar refractivity (Wildman–Crippen MR) is 87.1 cm³/mol. The van der Waals surface area contributed by atoms with Gasteiger partial charge in [0.15, 0.2) is 0 Å². The van der Waals surface area contributed by atoms with Crippen molar-refractivity contribution in [1.29, 1.82) is 0 Å². The molecule has 0 saturated carbocycles. The van der Waals surface area contributed by atoms with E-state index in [9.17, 15) is 4.39 Å². The molecular weight excluding hydrogens is 263 g/mol. The number of halogens is 1. The summed E-state index contributed by atoms with van der Waals surface area (Å²) in [5.74, 6) is -0.150. The van der Waals surface area contributed by atoms with Crippen LogP contribution in [0.1, 0.15) is 45.6 Å². The second kappa shape index (κ2) is 7.37. The van der Waals surface area contributed by atoms with E-state index in [1.807, 2.05) is 12.1 Å². The summed E-state index contributed by atoms with van der Waals surface area (Å²) in [6.07, 6.45) is 4.53. The highest BCUT2D eigenvalue weighted by molar-refractivity contribution is 5.16. The number of piperazine rings is 1. The molecule has 0 aromatic heterocycles. The van der Waals surface area contributed by atoms with Crippen molar-refractivity contribution >= 4 is 0 Å². The van der Waals surface area contributed by atoms with Crippen LogP contribution in [0.2, 0.25) is 0 Å². The van der Waals surface area contributed by atoms with E-state index < -0.39 is 0 Å². The summed E-state index contributed by atoms with van der Waals surface area (Å²) in [6.45, 7) is 10.1. The largest absolute Gasteiger partial charge is 0.308 e. The fourth-order valence-electron chi connectivity index (χ4n) is 3.35. The molecule has 0 aliphatic carbocycles. The minimum absolute atomic E-state index is 0.150. The lowest BCUT2D eigenvalue weighted by Gasteiger charge is -2.47. The van der Waals surface area contributed by atoms with Gasteiger partial charge in [-0.2, -0.15) is 0 Å². The molecule has 2 rings (SSSR count). The van der Waals surface area contributed by atoms with Crippen molar-refractivity contribution in [3.05, 3.63) is 35.6 Å². The van der Waals surface area contributed by atoms with Gasteiger partial charge < -0.3 is 5.32 Å². The van der Waals surface area contributed by atoms with Crippen LogP contribution in [0.5, 0.6) is 0 Å². The van der Waals surface area contributed by atoms with Crippen LogP contribution in [0.25, 0.3) is 0 Å². The topological polar surface area (TPSA) is 15.3 Å². The highest BCUT2D eigenvalue weighted by Crippen LogP contribution is 2.24. The molecule has 21 heavy (non-hydrogen) atoms. The first-order chi connectivity index (χ1) is 10.1. The molecule has 1 atom stereocenters. The van der Waals surface area contributed by atoms with E-state index in [2.05, 4.69) is 31.0 Å². The Labute approximate surface area is 128 Å². The summed E-state index contributed by atoms with van der Waals surface area (Å²) >= 11 is 0. The summed E-state index contributed by atoms with van der Waals surface area (Å²) in [7, 11) is 0. The van der Waals surface area contributed by atoms with Crippen molar-refractivity contribution < 1.29 is 4.39 Å². The lowest BCUT2D eigenvalue weighted by atomic mass is 9.88. The van der Waals surface area contributed by atoms with Crippen molar-refractivity contribution in [3.63, 3.8) is 0 Å². The van der Waals surface area contributed by atoms with Gasteiger partial charge in [-0.05, 0) is 43.4 Å². The highest BCUT2D eigenvalue weighted by atomic mass is 19.1. The summed E-state index contributed by atoms with van der Waals surface area (Å²) in [4.78, 5) is 2.63. The van der Waals surface area contributed by atoms with Gasteiger partial charge in [0.05, 0.1) is 0 Å². The second-order valence-corrected chi connectivity index (χ2v) is 6.28. The Hall–Kier alpha value is -0.930. The molecule has 1 fully saturated rings. The van der Waals surface area contributed by atoms with Crippen LogP contribution in [-0.2, 0) is 6.42 Å². The van der Waals surface area contributed by atoms with Crippen LogP contribution in [0.3, 0.4) is 0 Å². The number of rotatable bonds is 6. The maximum Gasteiger partial charge on any atom is 0.123 e. The minimum Gasteiger partial charge on any atom is -0.308 e. The number of hydrogen-bond acceptors (Lipinski definition) is 2. The third kappa shape index (κ3) is 4.04. The van der Waals surface area contributed by atoms with Crippen molar-refractivity contribution in [3.8, 4) is 0 Å². The maximum absolute atomic E-state index is 13.0. The lowest BCUT2D eigenvalue weighted by Crippen LogP contribution is -2.63. The van der Waals surface area contributed by atoms with Gasteiger partial charge in [-0.15, -0.1) is 0 Å². The second-order valence-electron chi connectivity index (χ2n) is 6.28. The van der Waals surface area contributed by atoms with Gasteiger partial charge in [-0.1, -0.05) is 32.9 Å². The predicted octanol–water partition coefficient (Wildman–Crippen LogP) is 3.61. The smallest absolute Gasteiger partial charge is 0.123 e. The van der Waals surface area contributed by atoms with Gasteiger partial charge in [0.2, 0.25) is 0 Å². The Morgan fingerprint density at radius 1 is 1.19 bits per heavy atom. The van der Waals surface area contributed by atoms with Gasteiger partial charge in [0, 0.05) is 31.2 Å². The van der Waals surface area contributed by atoms with E-state index in [-0.39, 0.29) is 11.4 Å². The van der Waals surface area contributed by atoms with Crippen LogP contribution in [0.4, 0.5) is 4.39 Å². The monoisotopic (exact) mass is 292 g/mol. The summed E-state index contributed by atoms with van der Waals surface area (Å²) < 4.78 is 13.0. The van der Waals surface area contributed by atoms with Crippen LogP contribution >= 0.6 is 0 Å². The Kier molecular flexibility index (Phi) is 5.77. The molecule has 118 valence electrons. The summed E-state index contributed by atoms with van der Waals surface area (Å²) in [5, 5.41) is 3.78. The molecule has 1 aliphatic rings. The third-order valence-electron chi connectivity index (χ3n) is 5.16. The molecule has 0 radical (unpaired) electrons. The van der Waals surface area contributed by atoms with E-state index in [0.29, 0.717) is 6.04 Å². The molecular formula is C18H29FN2.